The maximum Gasteiger partial charge on any atom is 0.261 e. The number of hydrogen-bond donors (Lipinski definition) is 1. The molecule has 1 atom stereocenters. The highest BCUT2D eigenvalue weighted by Crippen LogP contribution is 2.40. The van der Waals surface area contributed by atoms with E-state index < -0.39 is 0 Å². The molecular formula is C30H37N3O3S. The molecule has 2 aliphatic rings. The molecule has 0 aliphatic carbocycles. The van der Waals surface area contributed by atoms with Gasteiger partial charge in [0.15, 0.2) is 11.5 Å². The van der Waals surface area contributed by atoms with Crippen molar-refractivity contribution in [2.75, 3.05) is 30.1 Å². The van der Waals surface area contributed by atoms with Crippen LogP contribution in [0, 0.1) is 0 Å². The number of fused-ring (bicyclic) bond motifs is 4. The molecule has 0 radical (unpaired) electrons. The summed E-state index contributed by atoms with van der Waals surface area (Å²) in [4.78, 5) is 20.1. The molecule has 4 rings (SSSR count). The van der Waals surface area contributed by atoms with Crippen molar-refractivity contribution in [3.05, 3.63) is 70.4 Å². The molecule has 2 heterocycles. The first kappa shape index (κ1) is 26.9. The smallest absolute Gasteiger partial charge is 0.261 e. The highest BCUT2D eigenvalue weighted by molar-refractivity contribution is 7.99. The molecule has 6 nitrogen and oxygen atoms in total. The number of carbonyl (C=O) groups excluding carboxylic acids is 1. The number of ether oxygens (including phenoxy) is 2. The summed E-state index contributed by atoms with van der Waals surface area (Å²) < 4.78 is 11.7. The summed E-state index contributed by atoms with van der Waals surface area (Å²) >= 11 is 1.91. The number of amides is 1. The van der Waals surface area contributed by atoms with Crippen LogP contribution in [0.2, 0.25) is 0 Å². The summed E-state index contributed by atoms with van der Waals surface area (Å²) in [7, 11) is 1.60. The normalized spacial score (nSPS) is 17.1. The van der Waals surface area contributed by atoms with Gasteiger partial charge in [-0.1, -0.05) is 43.2 Å². The second-order valence-corrected chi connectivity index (χ2v) is 10.7. The Balaban J connectivity index is 1.38. The van der Waals surface area contributed by atoms with Gasteiger partial charge in [-0.05, 0) is 55.7 Å². The molecule has 0 bridgehead atoms. The van der Waals surface area contributed by atoms with Crippen LogP contribution in [0.4, 0.5) is 11.4 Å². The molecule has 2 aliphatic heterocycles. The number of hydrogen-bond acceptors (Lipinski definition) is 6. The highest BCUT2D eigenvalue weighted by atomic mass is 32.2. The monoisotopic (exact) mass is 519 g/mol. The Hall–Kier alpha value is -3.19. The molecule has 1 amide bonds. The predicted octanol–water partition coefficient (Wildman–Crippen LogP) is 6.46. The van der Waals surface area contributed by atoms with Crippen molar-refractivity contribution in [3.8, 4) is 11.5 Å². The Morgan fingerprint density at radius 1 is 1.24 bits per heavy atom. The number of thioether (sulfide) groups is 1. The summed E-state index contributed by atoms with van der Waals surface area (Å²) in [5, 5.41) is 0. The number of allylic oxidation sites excluding steroid dienone is 3. The fraction of sp³-hybridized carbons (Fsp3) is 0.400. The van der Waals surface area contributed by atoms with Crippen LogP contribution in [0.1, 0.15) is 56.0 Å². The van der Waals surface area contributed by atoms with Crippen LogP contribution in [-0.2, 0) is 6.42 Å². The lowest BCUT2D eigenvalue weighted by Gasteiger charge is -2.22. The van der Waals surface area contributed by atoms with Gasteiger partial charge in [-0.15, -0.1) is 0 Å². The minimum Gasteiger partial charge on any atom is -0.493 e. The number of aliphatic imine (C=N–C) groups is 1. The van der Waals surface area contributed by atoms with Crippen molar-refractivity contribution < 1.29 is 14.3 Å². The third-order valence-corrected chi connectivity index (χ3v) is 7.87. The fourth-order valence-electron chi connectivity index (χ4n) is 4.66. The van der Waals surface area contributed by atoms with Gasteiger partial charge >= 0.3 is 0 Å². The first-order valence-electron chi connectivity index (χ1n) is 12.9. The molecule has 7 heteroatoms. The molecule has 2 N–H and O–H groups in total. The second kappa shape index (κ2) is 12.4. The van der Waals surface area contributed by atoms with Gasteiger partial charge in [0, 0.05) is 35.8 Å². The first-order valence-corrected chi connectivity index (χ1v) is 14.1. The summed E-state index contributed by atoms with van der Waals surface area (Å²) in [6, 6.07) is 11.6. The zero-order valence-electron chi connectivity index (χ0n) is 22.3. The number of rotatable bonds is 11. The van der Waals surface area contributed by atoms with Crippen LogP contribution >= 0.6 is 11.8 Å². The van der Waals surface area contributed by atoms with E-state index in [2.05, 4.69) is 31.0 Å². The van der Waals surface area contributed by atoms with Gasteiger partial charge in [-0.25, -0.2) is 0 Å². The predicted molar refractivity (Wildman–Crippen MR) is 155 cm³/mol. The highest BCUT2D eigenvalue weighted by Gasteiger charge is 2.36. The zero-order chi connectivity index (χ0) is 26.4. The topological polar surface area (TPSA) is 77.2 Å². The Morgan fingerprint density at radius 2 is 2.05 bits per heavy atom. The molecule has 1 unspecified atom stereocenters. The lowest BCUT2D eigenvalue weighted by atomic mass is 10.1. The fourth-order valence-corrected chi connectivity index (χ4v) is 5.62. The van der Waals surface area contributed by atoms with Crippen LogP contribution < -0.4 is 20.1 Å². The summed E-state index contributed by atoms with van der Waals surface area (Å²) in [5.74, 6) is 3.09. The number of benzene rings is 2. The summed E-state index contributed by atoms with van der Waals surface area (Å²) in [5.41, 5.74) is 12.6. The minimum atomic E-state index is -0.0793. The number of anilines is 1. The minimum absolute atomic E-state index is 0.0606. The second-order valence-electron chi connectivity index (χ2n) is 9.55. The number of nitrogens with zero attached hydrogens (tertiary/aromatic N) is 2. The Kier molecular flexibility index (Phi) is 8.98. The Labute approximate surface area is 224 Å². The van der Waals surface area contributed by atoms with Gasteiger partial charge in [-0.3, -0.25) is 14.7 Å². The maximum atomic E-state index is 13.5. The molecule has 196 valence electrons. The van der Waals surface area contributed by atoms with E-state index in [9.17, 15) is 4.79 Å². The molecule has 37 heavy (non-hydrogen) atoms. The quantitative estimate of drug-likeness (QED) is 0.272. The van der Waals surface area contributed by atoms with E-state index in [1.165, 1.54) is 11.1 Å². The maximum absolute atomic E-state index is 13.5. The van der Waals surface area contributed by atoms with Gasteiger partial charge in [-0.2, -0.15) is 11.8 Å². The molecule has 2 aromatic carbocycles. The van der Waals surface area contributed by atoms with Crippen LogP contribution in [-0.4, -0.2) is 43.4 Å². The van der Waals surface area contributed by atoms with Crippen molar-refractivity contribution in [3.63, 3.8) is 0 Å². The molecular weight excluding hydrogens is 482 g/mol. The molecule has 0 spiro atoms. The molecule has 0 saturated heterocycles. The average molecular weight is 520 g/mol. The van der Waals surface area contributed by atoms with Crippen LogP contribution in [0.5, 0.6) is 11.5 Å². The van der Waals surface area contributed by atoms with E-state index in [1.54, 1.807) is 13.2 Å². The van der Waals surface area contributed by atoms with Crippen molar-refractivity contribution in [1.82, 2.24) is 0 Å². The zero-order valence-corrected chi connectivity index (χ0v) is 23.1. The largest absolute Gasteiger partial charge is 0.493 e. The molecule has 0 aromatic heterocycles. The SMILES string of the molecule is CCC/C(=C/C(C)=C(\C)N)CSCCCOc1cc2c(cc1OC)C(=O)N1c3ccccc3CC1C=N2. The van der Waals surface area contributed by atoms with Crippen molar-refractivity contribution >= 4 is 35.3 Å². The van der Waals surface area contributed by atoms with Crippen molar-refractivity contribution in [1.29, 1.82) is 0 Å². The van der Waals surface area contributed by atoms with Gasteiger partial charge < -0.3 is 15.2 Å². The Bertz CT molecular complexity index is 1230. The summed E-state index contributed by atoms with van der Waals surface area (Å²) in [6.45, 7) is 6.78. The number of methoxy groups -OCH3 is 1. The van der Waals surface area contributed by atoms with Crippen LogP contribution in [0.15, 0.2) is 64.3 Å². The van der Waals surface area contributed by atoms with E-state index in [0.29, 0.717) is 29.4 Å². The molecule has 2 aromatic rings. The van der Waals surface area contributed by atoms with E-state index in [-0.39, 0.29) is 11.9 Å². The number of para-hydroxylation sites is 1. The van der Waals surface area contributed by atoms with E-state index in [4.69, 9.17) is 15.2 Å². The Morgan fingerprint density at radius 3 is 2.81 bits per heavy atom. The van der Waals surface area contributed by atoms with E-state index >= 15 is 0 Å². The lowest BCUT2D eigenvalue weighted by molar-refractivity contribution is 0.0986. The summed E-state index contributed by atoms with van der Waals surface area (Å²) in [6.07, 6.45) is 8.00. The number of nitrogens with two attached hydrogens (primary N) is 1. The molecule has 0 fully saturated rings. The third-order valence-electron chi connectivity index (χ3n) is 6.72. The standard InChI is InChI=1S/C30H37N3O3S/c1-5-9-22(14-20(2)21(3)31)19-37-13-8-12-36-29-17-26-25(16-28(29)35-4)30(34)33-24(18-32-26)15-23-10-6-7-11-27(23)33/h6-7,10-11,14,16-18,24H,5,8-9,12-13,15,19,31H2,1-4H3/b21-20+,22-14-. The van der Waals surface area contributed by atoms with E-state index in [0.717, 1.165) is 54.1 Å². The van der Waals surface area contributed by atoms with Gasteiger partial charge in [0.1, 0.15) is 0 Å². The van der Waals surface area contributed by atoms with Crippen molar-refractivity contribution in [2.24, 2.45) is 10.7 Å². The number of carbonyl (C=O) groups is 1. The van der Waals surface area contributed by atoms with Crippen LogP contribution in [0.25, 0.3) is 0 Å². The van der Waals surface area contributed by atoms with Gasteiger partial charge in [0.25, 0.3) is 5.91 Å². The van der Waals surface area contributed by atoms with Crippen LogP contribution in [0.3, 0.4) is 0 Å². The average Bonchev–Trinajstić information content (AvgIpc) is 3.21. The van der Waals surface area contributed by atoms with E-state index in [1.807, 2.05) is 54.1 Å². The van der Waals surface area contributed by atoms with Crippen molar-refractivity contribution in [2.45, 2.75) is 52.5 Å². The van der Waals surface area contributed by atoms with Gasteiger partial charge in [0.05, 0.1) is 31.0 Å². The van der Waals surface area contributed by atoms with Gasteiger partial charge in [0.2, 0.25) is 0 Å². The lowest BCUT2D eigenvalue weighted by Crippen LogP contribution is -2.37. The third kappa shape index (κ3) is 6.21. The molecule has 0 saturated carbocycles. The first-order chi connectivity index (χ1) is 17.9.